The summed E-state index contributed by atoms with van der Waals surface area (Å²) in [5, 5.41) is 0. The first-order chi connectivity index (χ1) is 9.77. The Labute approximate surface area is 119 Å². The molecule has 0 aliphatic carbocycles. The van der Waals surface area contributed by atoms with Gasteiger partial charge in [-0.05, 0) is 24.5 Å². The van der Waals surface area contributed by atoms with Gasteiger partial charge in [-0.15, -0.1) is 0 Å². The predicted octanol–water partition coefficient (Wildman–Crippen LogP) is 2.81. The Hall–Kier alpha value is -2.13. The van der Waals surface area contributed by atoms with Gasteiger partial charge in [0, 0.05) is 12.1 Å². The number of benzene rings is 2. The molecule has 3 rings (SSSR count). The third kappa shape index (κ3) is 2.32. The molecule has 2 aromatic carbocycles. The van der Waals surface area contributed by atoms with Crippen molar-refractivity contribution in [2.24, 2.45) is 5.73 Å². The topological polar surface area (TPSA) is 46.3 Å². The summed E-state index contributed by atoms with van der Waals surface area (Å²) in [6, 6.07) is 17.8. The maximum Gasteiger partial charge on any atom is 0.243 e. The van der Waals surface area contributed by atoms with E-state index in [0.29, 0.717) is 0 Å². The molecule has 1 aliphatic heterocycles. The molecule has 0 bridgehead atoms. The number of hydrogen-bond acceptors (Lipinski definition) is 2. The molecule has 1 saturated heterocycles. The summed E-state index contributed by atoms with van der Waals surface area (Å²) >= 11 is 0. The highest BCUT2D eigenvalue weighted by molar-refractivity contribution is 6.01. The second-order valence-corrected chi connectivity index (χ2v) is 5.12. The highest BCUT2D eigenvalue weighted by Crippen LogP contribution is 2.32. The second kappa shape index (κ2) is 5.47. The number of piperidine rings is 1. The van der Waals surface area contributed by atoms with Crippen molar-refractivity contribution in [3.63, 3.8) is 0 Å². The molecule has 2 aromatic rings. The highest BCUT2D eigenvalue weighted by Gasteiger charge is 2.28. The molecule has 0 aromatic heterocycles. The maximum atomic E-state index is 12.3. The van der Waals surface area contributed by atoms with E-state index >= 15 is 0 Å². The SMILES string of the molecule is NC1CCCN(c2ccccc2-c2ccccc2)C1=O. The largest absolute Gasteiger partial charge is 0.320 e. The Morgan fingerprint density at radius 2 is 1.70 bits per heavy atom. The Morgan fingerprint density at radius 3 is 2.50 bits per heavy atom. The lowest BCUT2D eigenvalue weighted by Crippen LogP contribution is -2.48. The molecule has 0 saturated carbocycles. The summed E-state index contributed by atoms with van der Waals surface area (Å²) in [5.74, 6) is 0.0274. The Kier molecular flexibility index (Phi) is 3.52. The first-order valence-corrected chi connectivity index (χ1v) is 6.99. The number of nitrogens with zero attached hydrogens (tertiary/aromatic N) is 1. The number of amides is 1. The smallest absolute Gasteiger partial charge is 0.243 e. The van der Waals surface area contributed by atoms with Gasteiger partial charge in [0.15, 0.2) is 0 Å². The molecular weight excluding hydrogens is 248 g/mol. The van der Waals surface area contributed by atoms with Gasteiger partial charge in [0.05, 0.1) is 11.7 Å². The Morgan fingerprint density at radius 1 is 1.00 bits per heavy atom. The van der Waals surface area contributed by atoms with Crippen LogP contribution in [0.1, 0.15) is 12.8 Å². The van der Waals surface area contributed by atoms with Gasteiger partial charge in [-0.25, -0.2) is 0 Å². The number of rotatable bonds is 2. The van der Waals surface area contributed by atoms with Crippen LogP contribution in [0.15, 0.2) is 54.6 Å². The van der Waals surface area contributed by atoms with E-state index in [4.69, 9.17) is 5.73 Å². The van der Waals surface area contributed by atoms with Crippen LogP contribution in [0.2, 0.25) is 0 Å². The standard InChI is InChI=1S/C17H18N2O/c18-15-10-6-12-19(17(15)20)16-11-5-4-9-14(16)13-7-2-1-3-8-13/h1-5,7-9,11,15H,6,10,12,18H2. The molecule has 1 unspecified atom stereocenters. The molecule has 2 N–H and O–H groups in total. The van der Waals surface area contributed by atoms with Crippen molar-refractivity contribution in [3.8, 4) is 11.1 Å². The van der Waals surface area contributed by atoms with Crippen molar-refractivity contribution in [2.45, 2.75) is 18.9 Å². The van der Waals surface area contributed by atoms with Gasteiger partial charge in [0.1, 0.15) is 0 Å². The van der Waals surface area contributed by atoms with Crippen LogP contribution in [0.25, 0.3) is 11.1 Å². The molecule has 20 heavy (non-hydrogen) atoms. The first kappa shape index (κ1) is 12.9. The Balaban J connectivity index is 2.04. The minimum absolute atomic E-state index is 0.0274. The number of para-hydroxylation sites is 1. The molecule has 1 heterocycles. The average Bonchev–Trinajstić information content (AvgIpc) is 2.51. The van der Waals surface area contributed by atoms with Crippen LogP contribution >= 0.6 is 0 Å². The van der Waals surface area contributed by atoms with Gasteiger partial charge in [-0.1, -0.05) is 48.5 Å². The summed E-state index contributed by atoms with van der Waals surface area (Å²) in [7, 11) is 0. The van der Waals surface area contributed by atoms with E-state index in [9.17, 15) is 4.79 Å². The molecule has 0 spiro atoms. The summed E-state index contributed by atoms with van der Waals surface area (Å²) in [4.78, 5) is 14.1. The van der Waals surface area contributed by atoms with E-state index < -0.39 is 0 Å². The van der Waals surface area contributed by atoms with Crippen LogP contribution in [-0.4, -0.2) is 18.5 Å². The molecule has 3 heteroatoms. The Bertz CT molecular complexity index is 609. The van der Waals surface area contributed by atoms with E-state index in [1.807, 2.05) is 41.3 Å². The van der Waals surface area contributed by atoms with Gasteiger partial charge in [0.25, 0.3) is 0 Å². The summed E-state index contributed by atoms with van der Waals surface area (Å²) in [6.07, 6.45) is 1.73. The van der Waals surface area contributed by atoms with E-state index in [1.165, 1.54) is 0 Å². The fourth-order valence-corrected chi connectivity index (χ4v) is 2.71. The van der Waals surface area contributed by atoms with Crippen LogP contribution in [0.3, 0.4) is 0 Å². The highest BCUT2D eigenvalue weighted by atomic mass is 16.2. The van der Waals surface area contributed by atoms with E-state index in [-0.39, 0.29) is 11.9 Å². The van der Waals surface area contributed by atoms with Crippen molar-refractivity contribution >= 4 is 11.6 Å². The zero-order valence-electron chi connectivity index (χ0n) is 11.3. The summed E-state index contributed by atoms with van der Waals surface area (Å²) in [5.41, 5.74) is 9.06. The van der Waals surface area contributed by atoms with Crippen molar-refractivity contribution < 1.29 is 4.79 Å². The van der Waals surface area contributed by atoms with Gasteiger partial charge < -0.3 is 10.6 Å². The molecule has 3 nitrogen and oxygen atoms in total. The first-order valence-electron chi connectivity index (χ1n) is 6.99. The number of hydrogen-bond donors (Lipinski definition) is 1. The lowest BCUT2D eigenvalue weighted by molar-refractivity contribution is -0.120. The van der Waals surface area contributed by atoms with Gasteiger partial charge in [0.2, 0.25) is 5.91 Å². The number of anilines is 1. The quantitative estimate of drug-likeness (QED) is 0.908. The van der Waals surface area contributed by atoms with Crippen molar-refractivity contribution in [1.29, 1.82) is 0 Å². The zero-order chi connectivity index (χ0) is 13.9. The average molecular weight is 266 g/mol. The van der Waals surface area contributed by atoms with Crippen molar-refractivity contribution in [1.82, 2.24) is 0 Å². The summed E-state index contributed by atoms with van der Waals surface area (Å²) in [6.45, 7) is 0.746. The third-order valence-corrected chi connectivity index (χ3v) is 3.76. The number of carbonyl (C=O) groups is 1. The third-order valence-electron chi connectivity index (χ3n) is 3.76. The van der Waals surface area contributed by atoms with Crippen LogP contribution in [0.5, 0.6) is 0 Å². The molecular formula is C17H18N2O. The molecule has 1 amide bonds. The number of nitrogens with two attached hydrogens (primary N) is 1. The lowest BCUT2D eigenvalue weighted by atomic mass is 9.99. The summed E-state index contributed by atoms with van der Waals surface area (Å²) < 4.78 is 0. The maximum absolute atomic E-state index is 12.3. The van der Waals surface area contributed by atoms with Crippen LogP contribution in [0.4, 0.5) is 5.69 Å². The molecule has 1 aliphatic rings. The van der Waals surface area contributed by atoms with E-state index in [2.05, 4.69) is 18.2 Å². The van der Waals surface area contributed by atoms with E-state index in [1.54, 1.807) is 0 Å². The van der Waals surface area contributed by atoms with Gasteiger partial charge >= 0.3 is 0 Å². The van der Waals surface area contributed by atoms with Crippen LogP contribution in [0, 0.1) is 0 Å². The van der Waals surface area contributed by atoms with Crippen molar-refractivity contribution in [3.05, 3.63) is 54.6 Å². The zero-order valence-corrected chi connectivity index (χ0v) is 11.3. The fraction of sp³-hybridized carbons (Fsp3) is 0.235. The van der Waals surface area contributed by atoms with E-state index in [0.717, 1.165) is 36.2 Å². The fourth-order valence-electron chi connectivity index (χ4n) is 2.71. The molecule has 1 atom stereocenters. The normalized spacial score (nSPS) is 19.1. The predicted molar refractivity (Wildman–Crippen MR) is 81.4 cm³/mol. The van der Waals surface area contributed by atoms with Crippen molar-refractivity contribution in [2.75, 3.05) is 11.4 Å². The molecule has 0 radical (unpaired) electrons. The minimum Gasteiger partial charge on any atom is -0.320 e. The lowest BCUT2D eigenvalue weighted by Gasteiger charge is -2.32. The molecule has 102 valence electrons. The van der Waals surface area contributed by atoms with Crippen LogP contribution < -0.4 is 10.6 Å². The number of carbonyl (C=O) groups excluding carboxylic acids is 1. The van der Waals surface area contributed by atoms with Gasteiger partial charge in [-0.2, -0.15) is 0 Å². The van der Waals surface area contributed by atoms with Gasteiger partial charge in [-0.3, -0.25) is 4.79 Å². The second-order valence-electron chi connectivity index (χ2n) is 5.12. The van der Waals surface area contributed by atoms with Crippen LogP contribution in [-0.2, 0) is 4.79 Å². The molecule has 1 fully saturated rings. The monoisotopic (exact) mass is 266 g/mol. The minimum atomic E-state index is -0.368.